The van der Waals surface area contributed by atoms with Gasteiger partial charge in [-0.15, -0.1) is 0 Å². The molecule has 0 aromatic heterocycles. The molecule has 0 amide bonds. The number of esters is 3. The van der Waals surface area contributed by atoms with E-state index >= 15 is 0 Å². The quantitative estimate of drug-likeness (QED) is 0.381. The van der Waals surface area contributed by atoms with Gasteiger partial charge >= 0.3 is 17.9 Å². The monoisotopic (exact) mass is 350 g/mol. The second kappa shape index (κ2) is 10.2. The number of carbonyl (C=O) groups is 3. The van der Waals surface area contributed by atoms with Crippen molar-refractivity contribution in [2.24, 2.45) is 0 Å². The molecule has 0 spiro atoms. The molecule has 0 bridgehead atoms. The van der Waals surface area contributed by atoms with Crippen LogP contribution in [0.2, 0.25) is 0 Å². The molecule has 1 atom stereocenters. The van der Waals surface area contributed by atoms with Gasteiger partial charge in [0.1, 0.15) is 18.5 Å². The fraction of sp³-hybridized carbons (Fsp3) is 0.389. The van der Waals surface area contributed by atoms with Crippen LogP contribution in [0.5, 0.6) is 5.75 Å². The van der Waals surface area contributed by atoms with Crippen LogP contribution in [0.25, 0.3) is 0 Å². The summed E-state index contributed by atoms with van der Waals surface area (Å²) in [6, 6.07) is 6.89. The summed E-state index contributed by atoms with van der Waals surface area (Å²) in [4.78, 5) is 35.0. The van der Waals surface area contributed by atoms with Crippen LogP contribution in [-0.4, -0.2) is 44.8 Å². The van der Waals surface area contributed by atoms with E-state index in [4.69, 9.17) is 18.9 Å². The minimum absolute atomic E-state index is 0.0643. The molecular weight excluding hydrogens is 328 g/mol. The highest BCUT2D eigenvalue weighted by Gasteiger charge is 2.19. The maximum absolute atomic E-state index is 11.8. The second-order valence-electron chi connectivity index (χ2n) is 5.32. The van der Waals surface area contributed by atoms with E-state index in [0.717, 1.165) is 0 Å². The van der Waals surface area contributed by atoms with Crippen molar-refractivity contribution in [1.82, 2.24) is 0 Å². The molecule has 0 fully saturated rings. The predicted molar refractivity (Wildman–Crippen MR) is 89.0 cm³/mol. The molecule has 1 aromatic rings. The molecular formula is C18H22O7. The summed E-state index contributed by atoms with van der Waals surface area (Å²) >= 11 is 0. The van der Waals surface area contributed by atoms with Crippen molar-refractivity contribution in [1.29, 1.82) is 0 Å². The Morgan fingerprint density at radius 1 is 1.16 bits per heavy atom. The first-order valence-corrected chi connectivity index (χ1v) is 7.57. The Morgan fingerprint density at radius 2 is 1.88 bits per heavy atom. The fourth-order valence-corrected chi connectivity index (χ4v) is 1.84. The van der Waals surface area contributed by atoms with Crippen LogP contribution in [0.15, 0.2) is 36.4 Å². The molecule has 1 aromatic carbocycles. The minimum Gasteiger partial charge on any atom is -0.497 e. The van der Waals surface area contributed by atoms with Crippen molar-refractivity contribution in [2.75, 3.05) is 20.8 Å². The summed E-state index contributed by atoms with van der Waals surface area (Å²) < 4.78 is 19.8. The Labute approximate surface area is 146 Å². The molecule has 0 saturated carbocycles. The van der Waals surface area contributed by atoms with Gasteiger partial charge in [-0.3, -0.25) is 9.59 Å². The Kier molecular flexibility index (Phi) is 8.35. The maximum Gasteiger partial charge on any atom is 0.333 e. The SMILES string of the molecule is C=C(C)C(=O)OCC(CC(=O)OC(=O)Cc1cccc(OC)c1)OC. The average molecular weight is 350 g/mol. The fourth-order valence-electron chi connectivity index (χ4n) is 1.84. The molecule has 0 aliphatic heterocycles. The minimum atomic E-state index is -0.758. The Morgan fingerprint density at radius 3 is 2.48 bits per heavy atom. The first kappa shape index (κ1) is 20.4. The lowest BCUT2D eigenvalue weighted by Crippen LogP contribution is -2.26. The average Bonchev–Trinajstić information content (AvgIpc) is 2.57. The molecule has 0 saturated heterocycles. The lowest BCUT2D eigenvalue weighted by atomic mass is 10.1. The second-order valence-corrected chi connectivity index (χ2v) is 5.32. The smallest absolute Gasteiger partial charge is 0.333 e. The lowest BCUT2D eigenvalue weighted by Gasteiger charge is -2.14. The Bertz CT molecular complexity index is 636. The van der Waals surface area contributed by atoms with Gasteiger partial charge in [0.15, 0.2) is 0 Å². The number of ether oxygens (including phenoxy) is 4. The predicted octanol–water partition coefficient (Wildman–Crippen LogP) is 1.83. The summed E-state index contributed by atoms with van der Waals surface area (Å²) in [7, 11) is 2.89. The number of methoxy groups -OCH3 is 2. The van der Waals surface area contributed by atoms with Crippen molar-refractivity contribution >= 4 is 17.9 Å². The van der Waals surface area contributed by atoms with E-state index in [1.54, 1.807) is 24.3 Å². The van der Waals surface area contributed by atoms with Crippen molar-refractivity contribution in [3.63, 3.8) is 0 Å². The molecule has 136 valence electrons. The van der Waals surface area contributed by atoms with Crippen molar-refractivity contribution in [3.8, 4) is 5.75 Å². The van der Waals surface area contributed by atoms with Crippen LogP contribution >= 0.6 is 0 Å². The van der Waals surface area contributed by atoms with E-state index in [1.807, 2.05) is 0 Å². The zero-order valence-electron chi connectivity index (χ0n) is 14.6. The van der Waals surface area contributed by atoms with Crippen LogP contribution in [-0.2, 0) is 35.0 Å². The van der Waals surface area contributed by atoms with Gasteiger partial charge in [-0.2, -0.15) is 0 Å². The molecule has 7 heteroatoms. The summed E-state index contributed by atoms with van der Waals surface area (Å²) in [6.07, 6.45) is -0.991. The van der Waals surface area contributed by atoms with E-state index in [-0.39, 0.29) is 25.0 Å². The summed E-state index contributed by atoms with van der Waals surface area (Å²) in [6.45, 7) is 4.82. The van der Waals surface area contributed by atoms with Gasteiger partial charge in [0, 0.05) is 12.7 Å². The normalized spacial score (nSPS) is 11.3. The highest BCUT2D eigenvalue weighted by atomic mass is 16.6. The molecule has 0 aliphatic rings. The Hall–Kier alpha value is -2.67. The number of benzene rings is 1. The first-order valence-electron chi connectivity index (χ1n) is 7.57. The largest absolute Gasteiger partial charge is 0.497 e. The molecule has 0 N–H and O–H groups in total. The summed E-state index contributed by atoms with van der Waals surface area (Å²) in [5.74, 6) is -1.42. The number of carbonyl (C=O) groups excluding carboxylic acids is 3. The number of hydrogen-bond acceptors (Lipinski definition) is 7. The van der Waals surface area contributed by atoms with Crippen LogP contribution in [0.4, 0.5) is 0 Å². The van der Waals surface area contributed by atoms with Gasteiger partial charge < -0.3 is 18.9 Å². The topological polar surface area (TPSA) is 88.1 Å². The highest BCUT2D eigenvalue weighted by Crippen LogP contribution is 2.13. The standard InChI is InChI=1S/C18H22O7/c1-12(2)18(21)24-11-15(23-4)10-17(20)25-16(19)9-13-6-5-7-14(8-13)22-3/h5-8,15H,1,9-11H2,2-4H3. The molecule has 1 unspecified atom stereocenters. The van der Waals surface area contributed by atoms with Crippen LogP contribution < -0.4 is 4.74 Å². The van der Waals surface area contributed by atoms with Gasteiger partial charge in [-0.1, -0.05) is 18.7 Å². The third kappa shape index (κ3) is 7.63. The summed E-state index contributed by atoms with van der Waals surface area (Å²) in [5.41, 5.74) is 0.904. The zero-order valence-corrected chi connectivity index (χ0v) is 14.6. The van der Waals surface area contributed by atoms with E-state index < -0.39 is 24.0 Å². The van der Waals surface area contributed by atoms with Crippen molar-refractivity contribution < 1.29 is 33.3 Å². The van der Waals surface area contributed by atoms with Crippen LogP contribution in [0.3, 0.4) is 0 Å². The van der Waals surface area contributed by atoms with Gasteiger partial charge in [0.25, 0.3) is 0 Å². The van der Waals surface area contributed by atoms with E-state index in [1.165, 1.54) is 21.1 Å². The number of hydrogen-bond donors (Lipinski definition) is 0. The third-order valence-electron chi connectivity index (χ3n) is 3.19. The first-order chi connectivity index (χ1) is 11.8. The van der Waals surface area contributed by atoms with Crippen LogP contribution in [0, 0.1) is 0 Å². The summed E-state index contributed by atoms with van der Waals surface area (Å²) in [5, 5.41) is 0. The molecule has 0 heterocycles. The van der Waals surface area contributed by atoms with Gasteiger partial charge in [-0.25, -0.2) is 4.79 Å². The lowest BCUT2D eigenvalue weighted by molar-refractivity contribution is -0.162. The zero-order chi connectivity index (χ0) is 18.8. The molecule has 0 aliphatic carbocycles. The molecule has 0 radical (unpaired) electrons. The Balaban J connectivity index is 2.46. The molecule has 1 rings (SSSR count). The van der Waals surface area contributed by atoms with Gasteiger partial charge in [0.2, 0.25) is 0 Å². The number of rotatable bonds is 9. The van der Waals surface area contributed by atoms with Crippen LogP contribution in [0.1, 0.15) is 18.9 Å². The van der Waals surface area contributed by atoms with Gasteiger partial charge in [-0.05, 0) is 24.6 Å². The highest BCUT2D eigenvalue weighted by molar-refractivity contribution is 5.87. The molecule has 7 nitrogen and oxygen atoms in total. The van der Waals surface area contributed by atoms with E-state index in [2.05, 4.69) is 6.58 Å². The van der Waals surface area contributed by atoms with E-state index in [0.29, 0.717) is 11.3 Å². The van der Waals surface area contributed by atoms with Crippen molar-refractivity contribution in [2.45, 2.75) is 25.9 Å². The van der Waals surface area contributed by atoms with Crippen molar-refractivity contribution in [3.05, 3.63) is 42.0 Å². The third-order valence-corrected chi connectivity index (χ3v) is 3.19. The van der Waals surface area contributed by atoms with Gasteiger partial charge in [0.05, 0.1) is 20.0 Å². The maximum atomic E-state index is 11.8. The van der Waals surface area contributed by atoms with E-state index in [9.17, 15) is 14.4 Å². The molecule has 25 heavy (non-hydrogen) atoms.